The molecule has 0 aliphatic rings. The molecule has 286 valence electrons. The van der Waals surface area contributed by atoms with Crippen molar-refractivity contribution in [3.8, 4) is 0 Å². The summed E-state index contributed by atoms with van der Waals surface area (Å²) in [6, 6.07) is 0. The summed E-state index contributed by atoms with van der Waals surface area (Å²) in [7, 11) is 0. The van der Waals surface area contributed by atoms with Crippen LogP contribution in [0.25, 0.3) is 0 Å². The first-order valence-corrected chi connectivity index (χ1v) is 19.6. The molecule has 0 rings (SSSR count). The zero-order valence-electron chi connectivity index (χ0n) is 30.7. The van der Waals surface area contributed by atoms with Crippen LogP contribution in [-0.4, -0.2) is 79.6 Å². The Labute approximate surface area is 292 Å². The van der Waals surface area contributed by atoms with Gasteiger partial charge in [0.1, 0.15) is 25.4 Å². The summed E-state index contributed by atoms with van der Waals surface area (Å²) in [4.78, 5) is 24.3. The molecule has 10 nitrogen and oxygen atoms in total. The quantitative estimate of drug-likeness (QED) is 0.0228. The molecule has 6 N–H and O–H groups in total. The lowest BCUT2D eigenvalue weighted by Crippen LogP contribution is -2.51. The van der Waals surface area contributed by atoms with Gasteiger partial charge in [-0.3, -0.25) is 0 Å². The van der Waals surface area contributed by atoms with Crippen LogP contribution in [0.5, 0.6) is 0 Å². The van der Waals surface area contributed by atoms with Gasteiger partial charge >= 0.3 is 11.9 Å². The van der Waals surface area contributed by atoms with Crippen molar-refractivity contribution in [1.29, 1.82) is 0 Å². The molecule has 0 aromatic heterocycles. The van der Waals surface area contributed by atoms with Crippen molar-refractivity contribution in [2.45, 2.75) is 217 Å². The van der Waals surface area contributed by atoms with E-state index in [1.807, 2.05) is 0 Å². The maximum Gasteiger partial charge on any atom is 0.369 e. The molecule has 2 atom stereocenters. The molecule has 0 aliphatic heterocycles. The van der Waals surface area contributed by atoms with Gasteiger partial charge in [-0.25, -0.2) is 9.59 Å². The third-order valence-electron chi connectivity index (χ3n) is 9.24. The normalized spacial score (nSPS) is 13.4. The lowest BCUT2D eigenvalue weighted by Gasteiger charge is -2.26. The van der Waals surface area contributed by atoms with E-state index < -0.39 is 48.9 Å². The van der Waals surface area contributed by atoms with Crippen molar-refractivity contribution >= 4 is 11.9 Å². The van der Waals surface area contributed by atoms with Crippen LogP contribution >= 0.6 is 0 Å². The van der Waals surface area contributed by atoms with Crippen LogP contribution in [-0.2, 0) is 19.1 Å². The van der Waals surface area contributed by atoms with Gasteiger partial charge in [-0.2, -0.15) is 0 Å². The van der Waals surface area contributed by atoms with E-state index in [1.165, 1.54) is 103 Å². The molecule has 0 saturated heterocycles. The molecule has 2 unspecified atom stereocenters. The Balaban J connectivity index is 3.97. The number of ether oxygens (including phenoxy) is 2. The number of esters is 2. The summed E-state index contributed by atoms with van der Waals surface area (Å²) < 4.78 is 9.44. The minimum Gasteiger partial charge on any atom is -0.458 e. The van der Waals surface area contributed by atoms with E-state index in [-0.39, 0.29) is 12.8 Å². The summed E-state index contributed by atoms with van der Waals surface area (Å²) >= 11 is 0. The van der Waals surface area contributed by atoms with Crippen molar-refractivity contribution in [1.82, 2.24) is 0 Å². The largest absolute Gasteiger partial charge is 0.458 e. The number of carbonyl (C=O) groups is 2. The van der Waals surface area contributed by atoms with Gasteiger partial charge < -0.3 is 40.1 Å². The molecule has 0 bridgehead atoms. The van der Waals surface area contributed by atoms with E-state index in [2.05, 4.69) is 13.8 Å². The SMILES string of the molecule is CCCCCCCCCCCCCCCC(O)C(O)(O)C(=O)OCCOC(=O)C(O)(O)C(O)CCCCCCCCCCCCCCC. The first-order chi connectivity index (χ1) is 23.0. The molecule has 0 spiro atoms. The van der Waals surface area contributed by atoms with Crippen LogP contribution in [0.2, 0.25) is 0 Å². The fraction of sp³-hybridized carbons (Fsp3) is 0.947. The highest BCUT2D eigenvalue weighted by Crippen LogP contribution is 2.20. The third-order valence-corrected chi connectivity index (χ3v) is 9.24. The molecule has 0 heterocycles. The van der Waals surface area contributed by atoms with Crippen LogP contribution in [0.3, 0.4) is 0 Å². The van der Waals surface area contributed by atoms with Gasteiger partial charge in [0.15, 0.2) is 0 Å². The van der Waals surface area contributed by atoms with Crippen molar-refractivity contribution < 1.29 is 49.7 Å². The van der Waals surface area contributed by atoms with Crippen molar-refractivity contribution in [3.05, 3.63) is 0 Å². The molecular weight excluding hydrogens is 616 g/mol. The van der Waals surface area contributed by atoms with Gasteiger partial charge in [0.2, 0.25) is 0 Å². The topological polar surface area (TPSA) is 174 Å². The van der Waals surface area contributed by atoms with Crippen LogP contribution < -0.4 is 0 Å². The first-order valence-electron chi connectivity index (χ1n) is 19.6. The average Bonchev–Trinajstić information content (AvgIpc) is 3.06. The van der Waals surface area contributed by atoms with Crippen molar-refractivity contribution in [3.63, 3.8) is 0 Å². The molecule has 10 heteroatoms. The number of aliphatic hydroxyl groups is 6. The third kappa shape index (κ3) is 24.0. The Morgan fingerprint density at radius 1 is 0.417 bits per heavy atom. The van der Waals surface area contributed by atoms with Gasteiger partial charge in [0.05, 0.1) is 0 Å². The fourth-order valence-corrected chi connectivity index (χ4v) is 5.87. The fourth-order valence-electron chi connectivity index (χ4n) is 5.87. The van der Waals surface area contributed by atoms with Gasteiger partial charge in [0, 0.05) is 0 Å². The molecular formula is C38H74O10. The minimum atomic E-state index is -3.12. The summed E-state index contributed by atoms with van der Waals surface area (Å²) in [6.07, 6.45) is 26.2. The Morgan fingerprint density at radius 2 is 0.625 bits per heavy atom. The Hall–Kier alpha value is -1.30. The second-order valence-electron chi connectivity index (χ2n) is 13.8. The van der Waals surface area contributed by atoms with E-state index in [4.69, 9.17) is 9.47 Å². The molecule has 0 amide bonds. The zero-order valence-corrected chi connectivity index (χ0v) is 30.7. The molecule has 0 radical (unpaired) electrons. The summed E-state index contributed by atoms with van der Waals surface area (Å²) in [5, 5.41) is 60.6. The Kier molecular flexibility index (Phi) is 29.7. The highest BCUT2D eigenvalue weighted by atomic mass is 16.6. The minimum absolute atomic E-state index is 0.00351. The molecule has 0 aromatic carbocycles. The van der Waals surface area contributed by atoms with E-state index in [0.29, 0.717) is 12.8 Å². The van der Waals surface area contributed by atoms with Crippen LogP contribution in [0.4, 0.5) is 0 Å². The molecule has 0 aliphatic carbocycles. The monoisotopic (exact) mass is 691 g/mol. The first kappa shape index (κ1) is 46.7. The van der Waals surface area contributed by atoms with E-state index in [9.17, 15) is 40.2 Å². The van der Waals surface area contributed by atoms with Gasteiger partial charge in [-0.05, 0) is 12.8 Å². The van der Waals surface area contributed by atoms with Gasteiger partial charge in [-0.1, -0.05) is 181 Å². The predicted molar refractivity (Wildman–Crippen MR) is 189 cm³/mol. The second kappa shape index (κ2) is 30.5. The molecule has 0 aromatic rings. The van der Waals surface area contributed by atoms with Gasteiger partial charge in [-0.15, -0.1) is 0 Å². The Bertz CT molecular complexity index is 696. The summed E-state index contributed by atoms with van der Waals surface area (Å²) in [5.41, 5.74) is 0. The van der Waals surface area contributed by atoms with Crippen molar-refractivity contribution in [2.75, 3.05) is 13.2 Å². The van der Waals surface area contributed by atoms with Crippen LogP contribution in [0.1, 0.15) is 194 Å². The van der Waals surface area contributed by atoms with Gasteiger partial charge in [0.25, 0.3) is 11.6 Å². The van der Waals surface area contributed by atoms with Crippen LogP contribution in [0.15, 0.2) is 0 Å². The number of carbonyl (C=O) groups excluding carboxylic acids is 2. The lowest BCUT2D eigenvalue weighted by atomic mass is 10.0. The summed E-state index contributed by atoms with van der Waals surface area (Å²) in [6.45, 7) is 3.23. The maximum absolute atomic E-state index is 12.1. The second-order valence-corrected chi connectivity index (χ2v) is 13.8. The highest BCUT2D eigenvalue weighted by Gasteiger charge is 2.44. The van der Waals surface area contributed by atoms with E-state index >= 15 is 0 Å². The standard InChI is InChI=1S/C38H74O10/c1-3-5-7-9-11-13-15-17-19-21-23-25-27-29-33(39)37(43,44)35(41)47-31-32-48-36(42)38(45,46)34(40)30-28-26-24-22-20-18-16-14-12-10-8-6-4-2/h33-34,39-40,43-46H,3-32H2,1-2H3. The number of hydrogen-bond donors (Lipinski definition) is 6. The highest BCUT2D eigenvalue weighted by molar-refractivity contribution is 5.78. The van der Waals surface area contributed by atoms with Crippen molar-refractivity contribution in [2.24, 2.45) is 0 Å². The van der Waals surface area contributed by atoms with Crippen LogP contribution in [0, 0.1) is 0 Å². The average molecular weight is 691 g/mol. The predicted octanol–water partition coefficient (Wildman–Crippen LogP) is 7.12. The molecule has 0 saturated carbocycles. The number of hydrogen-bond acceptors (Lipinski definition) is 10. The number of unbranched alkanes of at least 4 members (excludes halogenated alkanes) is 24. The molecule has 0 fully saturated rings. The van der Waals surface area contributed by atoms with E-state index in [1.54, 1.807) is 0 Å². The lowest BCUT2D eigenvalue weighted by molar-refractivity contribution is -0.247. The number of rotatable bonds is 35. The maximum atomic E-state index is 12.1. The van der Waals surface area contributed by atoms with E-state index in [0.717, 1.165) is 51.4 Å². The summed E-state index contributed by atoms with van der Waals surface area (Å²) in [5.74, 6) is -9.24. The molecule has 48 heavy (non-hydrogen) atoms. The smallest absolute Gasteiger partial charge is 0.369 e. The Morgan fingerprint density at radius 3 is 0.854 bits per heavy atom. The zero-order chi connectivity index (χ0) is 35.9. The number of aliphatic hydroxyl groups excluding tert-OH is 2.